The van der Waals surface area contributed by atoms with Gasteiger partial charge in [0.15, 0.2) is 5.03 Å². The maximum atomic E-state index is 12.5. The van der Waals surface area contributed by atoms with Gasteiger partial charge in [0.05, 0.1) is 0 Å². The molecule has 1 aromatic heterocycles. The summed E-state index contributed by atoms with van der Waals surface area (Å²) in [5.41, 5.74) is 6.34. The van der Waals surface area contributed by atoms with Crippen LogP contribution in [0.2, 0.25) is 0 Å². The molecule has 3 rings (SSSR count). The van der Waals surface area contributed by atoms with E-state index in [-0.39, 0.29) is 5.03 Å². The average Bonchev–Trinajstić information content (AvgIpc) is 3.32. The van der Waals surface area contributed by atoms with Crippen LogP contribution in [0.5, 0.6) is 0 Å². The first-order valence-electron chi connectivity index (χ1n) is 7.47. The highest BCUT2D eigenvalue weighted by Crippen LogP contribution is 2.30. The first-order chi connectivity index (χ1) is 10.1. The van der Waals surface area contributed by atoms with E-state index in [0.29, 0.717) is 19.6 Å². The molecule has 1 saturated heterocycles. The van der Waals surface area contributed by atoms with Gasteiger partial charge in [-0.05, 0) is 30.4 Å². The quantitative estimate of drug-likeness (QED) is 0.844. The molecule has 2 heterocycles. The lowest BCUT2D eigenvalue weighted by molar-refractivity contribution is 0.182. The Morgan fingerprint density at radius 2 is 1.90 bits per heavy atom. The molecule has 1 aliphatic carbocycles. The van der Waals surface area contributed by atoms with Crippen molar-refractivity contribution in [1.29, 1.82) is 0 Å². The molecule has 0 aromatic carbocycles. The normalized spacial score (nSPS) is 21.6. The predicted molar refractivity (Wildman–Crippen MR) is 80.1 cm³/mol. The Morgan fingerprint density at radius 3 is 2.43 bits per heavy atom. The standard InChI is InChI=1S/C14H22N4O2S/c15-9-13-3-4-14(16-10-13)21(19,20)18-7-5-17(6-8-18)11-12-1-2-12/h3-4,10,12H,1-2,5-9,11,15H2. The smallest absolute Gasteiger partial charge is 0.260 e. The van der Waals surface area contributed by atoms with Gasteiger partial charge in [-0.25, -0.2) is 13.4 Å². The third-order valence-corrected chi connectivity index (χ3v) is 6.00. The molecule has 1 saturated carbocycles. The van der Waals surface area contributed by atoms with Crippen LogP contribution in [-0.2, 0) is 16.6 Å². The summed E-state index contributed by atoms with van der Waals surface area (Å²) < 4.78 is 26.6. The molecule has 0 spiro atoms. The average molecular weight is 310 g/mol. The van der Waals surface area contributed by atoms with Crippen LogP contribution in [0, 0.1) is 5.92 Å². The van der Waals surface area contributed by atoms with E-state index in [4.69, 9.17) is 5.73 Å². The molecule has 0 atom stereocenters. The maximum absolute atomic E-state index is 12.5. The number of piperazine rings is 1. The van der Waals surface area contributed by atoms with E-state index < -0.39 is 10.0 Å². The van der Waals surface area contributed by atoms with E-state index in [1.54, 1.807) is 16.4 Å². The van der Waals surface area contributed by atoms with Gasteiger partial charge in [0, 0.05) is 45.5 Å². The fourth-order valence-electron chi connectivity index (χ4n) is 2.63. The molecule has 1 aromatic rings. The molecule has 6 nitrogen and oxygen atoms in total. The number of sulfonamides is 1. The summed E-state index contributed by atoms with van der Waals surface area (Å²) in [6.07, 6.45) is 4.20. The number of nitrogens with two attached hydrogens (primary N) is 1. The topological polar surface area (TPSA) is 79.5 Å². The van der Waals surface area contributed by atoms with Crippen LogP contribution < -0.4 is 5.73 Å². The van der Waals surface area contributed by atoms with E-state index in [0.717, 1.165) is 31.1 Å². The summed E-state index contributed by atoms with van der Waals surface area (Å²) >= 11 is 0. The highest BCUT2D eigenvalue weighted by atomic mass is 32.2. The Balaban J connectivity index is 1.64. The zero-order chi connectivity index (χ0) is 14.9. The minimum Gasteiger partial charge on any atom is -0.326 e. The van der Waals surface area contributed by atoms with Crippen molar-refractivity contribution in [3.05, 3.63) is 23.9 Å². The zero-order valence-electron chi connectivity index (χ0n) is 12.1. The van der Waals surface area contributed by atoms with Crippen LogP contribution in [0.3, 0.4) is 0 Å². The second-order valence-electron chi connectivity index (χ2n) is 5.86. The molecule has 1 aliphatic heterocycles. The summed E-state index contributed by atoms with van der Waals surface area (Å²) in [6.45, 7) is 4.22. The number of rotatable bonds is 5. The van der Waals surface area contributed by atoms with E-state index in [2.05, 4.69) is 9.88 Å². The third kappa shape index (κ3) is 3.42. The zero-order valence-corrected chi connectivity index (χ0v) is 12.9. The van der Waals surface area contributed by atoms with Crippen molar-refractivity contribution in [2.45, 2.75) is 24.4 Å². The van der Waals surface area contributed by atoms with Crippen molar-refractivity contribution in [2.75, 3.05) is 32.7 Å². The van der Waals surface area contributed by atoms with E-state index >= 15 is 0 Å². The lowest BCUT2D eigenvalue weighted by atomic mass is 10.3. The second-order valence-corrected chi connectivity index (χ2v) is 7.74. The Hall–Kier alpha value is -1.02. The van der Waals surface area contributed by atoms with Gasteiger partial charge < -0.3 is 10.6 Å². The lowest BCUT2D eigenvalue weighted by Crippen LogP contribution is -2.49. The van der Waals surface area contributed by atoms with Crippen molar-refractivity contribution < 1.29 is 8.42 Å². The van der Waals surface area contributed by atoms with Gasteiger partial charge in [-0.1, -0.05) is 6.07 Å². The van der Waals surface area contributed by atoms with Gasteiger partial charge in [-0.3, -0.25) is 0 Å². The van der Waals surface area contributed by atoms with Gasteiger partial charge in [0.2, 0.25) is 0 Å². The molecular formula is C14H22N4O2S. The molecule has 21 heavy (non-hydrogen) atoms. The third-order valence-electron chi connectivity index (χ3n) is 4.18. The lowest BCUT2D eigenvalue weighted by Gasteiger charge is -2.33. The molecular weight excluding hydrogens is 288 g/mol. The van der Waals surface area contributed by atoms with Crippen molar-refractivity contribution in [3.8, 4) is 0 Å². The van der Waals surface area contributed by atoms with Crippen LogP contribution in [-0.4, -0.2) is 55.3 Å². The number of nitrogens with zero attached hydrogens (tertiary/aromatic N) is 3. The van der Waals surface area contributed by atoms with Crippen LogP contribution >= 0.6 is 0 Å². The minimum absolute atomic E-state index is 0.121. The largest absolute Gasteiger partial charge is 0.326 e. The summed E-state index contributed by atoms with van der Waals surface area (Å²) in [6, 6.07) is 3.28. The monoisotopic (exact) mass is 310 g/mol. The molecule has 116 valence electrons. The molecule has 0 amide bonds. The molecule has 2 aliphatic rings. The van der Waals surface area contributed by atoms with Gasteiger partial charge in [0.25, 0.3) is 10.0 Å². The van der Waals surface area contributed by atoms with E-state index in [1.807, 2.05) is 0 Å². The van der Waals surface area contributed by atoms with Crippen LogP contribution in [0.4, 0.5) is 0 Å². The summed E-state index contributed by atoms with van der Waals surface area (Å²) in [5, 5.41) is 0.121. The van der Waals surface area contributed by atoms with E-state index in [9.17, 15) is 8.42 Å². The van der Waals surface area contributed by atoms with Gasteiger partial charge in [0.1, 0.15) is 0 Å². The molecule has 0 radical (unpaired) electrons. The van der Waals surface area contributed by atoms with Crippen molar-refractivity contribution in [1.82, 2.24) is 14.2 Å². The van der Waals surface area contributed by atoms with Gasteiger partial charge in [-0.15, -0.1) is 0 Å². The highest BCUT2D eigenvalue weighted by Gasteiger charge is 2.31. The summed E-state index contributed by atoms with van der Waals surface area (Å²) in [7, 11) is -3.47. The highest BCUT2D eigenvalue weighted by molar-refractivity contribution is 7.89. The van der Waals surface area contributed by atoms with Crippen molar-refractivity contribution in [2.24, 2.45) is 11.7 Å². The maximum Gasteiger partial charge on any atom is 0.260 e. The summed E-state index contributed by atoms with van der Waals surface area (Å²) in [5.74, 6) is 0.846. The number of hydrogen-bond acceptors (Lipinski definition) is 5. The number of pyridine rings is 1. The molecule has 0 bridgehead atoms. The fourth-order valence-corrected chi connectivity index (χ4v) is 3.97. The number of hydrogen-bond donors (Lipinski definition) is 1. The van der Waals surface area contributed by atoms with Crippen LogP contribution in [0.25, 0.3) is 0 Å². The molecule has 2 N–H and O–H groups in total. The van der Waals surface area contributed by atoms with Gasteiger partial charge in [-0.2, -0.15) is 4.31 Å². The Bertz CT molecular complexity index is 575. The van der Waals surface area contributed by atoms with Crippen molar-refractivity contribution >= 4 is 10.0 Å². The van der Waals surface area contributed by atoms with Gasteiger partial charge >= 0.3 is 0 Å². The Labute approximate surface area is 126 Å². The Morgan fingerprint density at radius 1 is 1.19 bits per heavy atom. The first-order valence-corrected chi connectivity index (χ1v) is 8.91. The minimum atomic E-state index is -3.47. The SMILES string of the molecule is NCc1ccc(S(=O)(=O)N2CCN(CC3CC3)CC2)nc1. The molecule has 2 fully saturated rings. The second kappa shape index (κ2) is 6.00. The Kier molecular flexibility index (Phi) is 4.26. The fraction of sp³-hybridized carbons (Fsp3) is 0.643. The first kappa shape index (κ1) is 14.9. The molecule has 7 heteroatoms. The number of aromatic nitrogens is 1. The molecule has 0 unspecified atom stereocenters. The predicted octanol–water partition coefficient (Wildman–Crippen LogP) is 0.257. The van der Waals surface area contributed by atoms with Crippen molar-refractivity contribution in [3.63, 3.8) is 0 Å². The van der Waals surface area contributed by atoms with Crippen LogP contribution in [0.15, 0.2) is 23.4 Å². The van der Waals surface area contributed by atoms with Crippen LogP contribution in [0.1, 0.15) is 18.4 Å². The summed E-state index contributed by atoms with van der Waals surface area (Å²) in [4.78, 5) is 6.42. The van der Waals surface area contributed by atoms with E-state index in [1.165, 1.54) is 19.0 Å².